The van der Waals surface area contributed by atoms with Gasteiger partial charge in [0.1, 0.15) is 5.52 Å². The number of aromatic nitrogens is 1. The zero-order valence-corrected chi connectivity index (χ0v) is 9.40. The summed E-state index contributed by atoms with van der Waals surface area (Å²) < 4.78 is 5.73. The highest BCUT2D eigenvalue weighted by molar-refractivity contribution is 6.03. The normalized spacial score (nSPS) is 11.7. The first-order valence-corrected chi connectivity index (χ1v) is 5.54. The first kappa shape index (κ1) is 9.40. The van der Waals surface area contributed by atoms with E-state index in [0.29, 0.717) is 5.92 Å². The van der Waals surface area contributed by atoms with Gasteiger partial charge in [-0.25, -0.2) is 4.98 Å². The zero-order valence-electron chi connectivity index (χ0n) is 9.40. The number of benzene rings is 2. The maximum absolute atomic E-state index is 5.73. The molecule has 2 nitrogen and oxygen atoms in total. The van der Waals surface area contributed by atoms with Crippen LogP contribution in [-0.2, 0) is 0 Å². The molecule has 0 atom stereocenters. The number of oxazole rings is 1. The maximum atomic E-state index is 5.73. The van der Waals surface area contributed by atoms with Crippen molar-refractivity contribution in [1.82, 2.24) is 4.98 Å². The van der Waals surface area contributed by atoms with Crippen molar-refractivity contribution >= 4 is 21.9 Å². The molecule has 0 spiro atoms. The molecule has 0 N–H and O–H groups in total. The molecule has 2 aromatic carbocycles. The highest BCUT2D eigenvalue weighted by Crippen LogP contribution is 2.27. The van der Waals surface area contributed by atoms with E-state index in [1.54, 1.807) is 0 Å². The lowest BCUT2D eigenvalue weighted by molar-refractivity contribution is 0.501. The molecule has 0 aliphatic carbocycles. The first-order chi connectivity index (χ1) is 7.75. The van der Waals surface area contributed by atoms with Crippen LogP contribution in [0.3, 0.4) is 0 Å². The van der Waals surface area contributed by atoms with Gasteiger partial charge < -0.3 is 4.42 Å². The van der Waals surface area contributed by atoms with Crippen molar-refractivity contribution < 1.29 is 4.42 Å². The second kappa shape index (κ2) is 3.34. The van der Waals surface area contributed by atoms with E-state index in [9.17, 15) is 0 Å². The van der Waals surface area contributed by atoms with E-state index in [0.717, 1.165) is 22.4 Å². The lowest BCUT2D eigenvalue weighted by Gasteiger charge is -1.95. The minimum atomic E-state index is 0.325. The molecule has 16 heavy (non-hydrogen) atoms. The summed E-state index contributed by atoms with van der Waals surface area (Å²) in [6, 6.07) is 12.3. The molecule has 3 rings (SSSR count). The third kappa shape index (κ3) is 1.30. The Morgan fingerprint density at radius 2 is 1.88 bits per heavy atom. The number of nitrogens with zero attached hydrogens (tertiary/aromatic N) is 1. The number of hydrogen-bond acceptors (Lipinski definition) is 2. The van der Waals surface area contributed by atoms with Crippen LogP contribution in [0.5, 0.6) is 0 Å². The highest BCUT2D eigenvalue weighted by atomic mass is 16.3. The van der Waals surface area contributed by atoms with E-state index in [2.05, 4.69) is 37.0 Å². The van der Waals surface area contributed by atoms with Crippen LogP contribution >= 0.6 is 0 Å². The summed E-state index contributed by atoms with van der Waals surface area (Å²) in [5, 5.41) is 2.37. The molecule has 0 fully saturated rings. The third-order valence-corrected chi connectivity index (χ3v) is 2.79. The van der Waals surface area contributed by atoms with Crippen LogP contribution in [0.25, 0.3) is 21.9 Å². The number of rotatable bonds is 1. The fourth-order valence-corrected chi connectivity index (χ4v) is 1.93. The Hall–Kier alpha value is -1.83. The first-order valence-electron chi connectivity index (χ1n) is 5.54. The number of fused-ring (bicyclic) bond motifs is 3. The Balaban J connectivity index is 2.41. The fraction of sp³-hybridized carbons (Fsp3) is 0.214. The summed E-state index contributed by atoms with van der Waals surface area (Å²) in [5.41, 5.74) is 1.85. The van der Waals surface area contributed by atoms with Gasteiger partial charge in [0.2, 0.25) is 0 Å². The lowest BCUT2D eigenvalue weighted by Crippen LogP contribution is -1.84. The van der Waals surface area contributed by atoms with Gasteiger partial charge >= 0.3 is 0 Å². The summed E-state index contributed by atoms with van der Waals surface area (Å²) in [5.74, 6) is 1.14. The average molecular weight is 211 g/mol. The molecule has 0 amide bonds. The lowest BCUT2D eigenvalue weighted by atomic mass is 10.1. The second-order valence-electron chi connectivity index (χ2n) is 4.34. The molecule has 0 aliphatic heterocycles. The zero-order chi connectivity index (χ0) is 11.1. The van der Waals surface area contributed by atoms with E-state index >= 15 is 0 Å². The van der Waals surface area contributed by atoms with Gasteiger partial charge in [0.25, 0.3) is 0 Å². The van der Waals surface area contributed by atoms with Gasteiger partial charge in [-0.1, -0.05) is 44.2 Å². The van der Waals surface area contributed by atoms with Crippen molar-refractivity contribution in [2.45, 2.75) is 19.8 Å². The van der Waals surface area contributed by atoms with E-state index in [1.165, 1.54) is 5.39 Å². The van der Waals surface area contributed by atoms with Gasteiger partial charge in [-0.15, -0.1) is 0 Å². The Kier molecular flexibility index (Phi) is 1.96. The van der Waals surface area contributed by atoms with Crippen molar-refractivity contribution in [1.29, 1.82) is 0 Å². The SMILES string of the molecule is CC(C)c1nc2c(ccc3ccccc32)o1. The predicted octanol–water partition coefficient (Wildman–Crippen LogP) is 4.10. The van der Waals surface area contributed by atoms with Crippen LogP contribution in [0.1, 0.15) is 25.7 Å². The molecule has 0 radical (unpaired) electrons. The van der Waals surface area contributed by atoms with Gasteiger partial charge in [0, 0.05) is 11.3 Å². The van der Waals surface area contributed by atoms with Crippen molar-refractivity contribution in [3.8, 4) is 0 Å². The molecule has 1 heterocycles. The van der Waals surface area contributed by atoms with E-state index < -0.39 is 0 Å². The third-order valence-electron chi connectivity index (χ3n) is 2.79. The highest BCUT2D eigenvalue weighted by Gasteiger charge is 2.11. The smallest absolute Gasteiger partial charge is 0.198 e. The summed E-state index contributed by atoms with van der Waals surface area (Å²) in [7, 11) is 0. The standard InChI is InChI=1S/C14H13NO/c1-9(2)14-15-13-11-6-4-3-5-10(11)7-8-12(13)16-14/h3-9H,1-2H3. The van der Waals surface area contributed by atoms with Crippen LogP contribution in [0.4, 0.5) is 0 Å². The van der Waals surface area contributed by atoms with Gasteiger partial charge in [-0.2, -0.15) is 0 Å². The van der Waals surface area contributed by atoms with E-state index in [-0.39, 0.29) is 0 Å². The Labute approximate surface area is 93.9 Å². The molecule has 0 aliphatic rings. The molecule has 80 valence electrons. The molecular weight excluding hydrogens is 198 g/mol. The van der Waals surface area contributed by atoms with E-state index in [4.69, 9.17) is 4.42 Å². The Bertz CT molecular complexity index is 652. The van der Waals surface area contributed by atoms with Crippen molar-refractivity contribution in [3.05, 3.63) is 42.3 Å². The molecular formula is C14H13NO. The molecule has 3 aromatic rings. The predicted molar refractivity (Wildman–Crippen MR) is 65.6 cm³/mol. The van der Waals surface area contributed by atoms with Crippen LogP contribution in [-0.4, -0.2) is 4.98 Å². The molecule has 0 saturated carbocycles. The second-order valence-corrected chi connectivity index (χ2v) is 4.34. The van der Waals surface area contributed by atoms with Gasteiger partial charge in [0.05, 0.1) is 0 Å². The quantitative estimate of drug-likeness (QED) is 0.605. The monoisotopic (exact) mass is 211 g/mol. The van der Waals surface area contributed by atoms with Gasteiger partial charge in [0.15, 0.2) is 11.5 Å². The largest absolute Gasteiger partial charge is 0.440 e. The summed E-state index contributed by atoms with van der Waals surface area (Å²) in [4.78, 5) is 4.57. The van der Waals surface area contributed by atoms with Crippen molar-refractivity contribution in [2.24, 2.45) is 0 Å². The van der Waals surface area contributed by atoms with Crippen LogP contribution in [0, 0.1) is 0 Å². The van der Waals surface area contributed by atoms with Crippen molar-refractivity contribution in [3.63, 3.8) is 0 Å². The summed E-state index contributed by atoms with van der Waals surface area (Å²) >= 11 is 0. The maximum Gasteiger partial charge on any atom is 0.198 e. The molecule has 0 saturated heterocycles. The van der Waals surface area contributed by atoms with Crippen LogP contribution < -0.4 is 0 Å². The topological polar surface area (TPSA) is 26.0 Å². The number of hydrogen-bond donors (Lipinski definition) is 0. The Morgan fingerprint density at radius 3 is 2.69 bits per heavy atom. The molecule has 0 bridgehead atoms. The molecule has 2 heteroatoms. The van der Waals surface area contributed by atoms with Crippen LogP contribution in [0.2, 0.25) is 0 Å². The average Bonchev–Trinajstić information content (AvgIpc) is 2.73. The van der Waals surface area contributed by atoms with E-state index in [1.807, 2.05) is 18.2 Å². The fourth-order valence-electron chi connectivity index (χ4n) is 1.93. The van der Waals surface area contributed by atoms with Crippen LogP contribution in [0.15, 0.2) is 40.8 Å². The molecule has 0 unspecified atom stereocenters. The minimum Gasteiger partial charge on any atom is -0.440 e. The van der Waals surface area contributed by atoms with Crippen molar-refractivity contribution in [2.75, 3.05) is 0 Å². The minimum absolute atomic E-state index is 0.325. The van der Waals surface area contributed by atoms with Gasteiger partial charge in [-0.3, -0.25) is 0 Å². The summed E-state index contributed by atoms with van der Waals surface area (Å²) in [6.45, 7) is 4.18. The Morgan fingerprint density at radius 1 is 1.06 bits per heavy atom. The molecule has 1 aromatic heterocycles. The summed E-state index contributed by atoms with van der Waals surface area (Å²) in [6.07, 6.45) is 0. The van der Waals surface area contributed by atoms with Gasteiger partial charge in [-0.05, 0) is 11.5 Å².